The van der Waals surface area contributed by atoms with Crippen LogP contribution in [-0.2, 0) is 29.3 Å². The van der Waals surface area contributed by atoms with Gasteiger partial charge in [-0.1, -0.05) is 25.1 Å². The molecule has 0 amide bonds. The number of rotatable bonds is 6. The number of hydrogen-bond donors (Lipinski definition) is 0. The van der Waals surface area contributed by atoms with Gasteiger partial charge in [-0.2, -0.15) is 0 Å². The third-order valence-electron chi connectivity index (χ3n) is 3.53. The zero-order chi connectivity index (χ0) is 16.2. The fraction of sp³-hybridized carbons (Fsp3) is 0.353. The molecule has 2 rings (SSSR count). The summed E-state index contributed by atoms with van der Waals surface area (Å²) in [6.45, 7) is 3.63. The molecule has 118 valence electrons. The van der Waals surface area contributed by atoms with Gasteiger partial charge in [-0.25, -0.2) is 8.42 Å². The number of aryl methyl sites for hydroxylation is 1. The molecule has 22 heavy (non-hydrogen) atoms. The molecule has 0 aliphatic heterocycles. The maximum atomic E-state index is 11.4. The Labute approximate surface area is 132 Å². The number of sulfone groups is 1. The lowest BCUT2D eigenvalue weighted by Crippen LogP contribution is -2.18. The Kier molecular flexibility index (Phi) is 5.32. The summed E-state index contributed by atoms with van der Waals surface area (Å²) in [7, 11) is -1.10. The fourth-order valence-corrected chi connectivity index (χ4v) is 2.87. The third kappa shape index (κ3) is 4.64. The first-order valence-corrected chi connectivity index (χ1v) is 9.19. The second kappa shape index (κ2) is 7.03. The Balaban J connectivity index is 1.97. The molecule has 0 spiro atoms. The second-order valence-corrected chi connectivity index (χ2v) is 7.62. The third-order valence-corrected chi connectivity index (χ3v) is 4.66. The molecule has 1 heterocycles. The molecule has 0 radical (unpaired) electrons. The van der Waals surface area contributed by atoms with Crippen LogP contribution >= 0.6 is 0 Å². The van der Waals surface area contributed by atoms with E-state index in [0.29, 0.717) is 4.90 Å². The number of nitrogens with zero attached hydrogens (tertiary/aromatic N) is 2. The summed E-state index contributed by atoms with van der Waals surface area (Å²) in [5, 5.41) is 0. The average Bonchev–Trinajstić information content (AvgIpc) is 2.47. The maximum absolute atomic E-state index is 11.4. The standard InChI is InChI=1S/C17H22N2O2S/c1-4-14-5-8-16(18-11-14)13-19(2)12-15-6-9-17(10-7-15)22(3,20)21/h5-11H,4,12-13H2,1-3H3. The number of pyridine rings is 1. The molecule has 2 aromatic rings. The van der Waals surface area contributed by atoms with Crippen LogP contribution in [0.5, 0.6) is 0 Å². The summed E-state index contributed by atoms with van der Waals surface area (Å²) in [4.78, 5) is 6.97. The second-order valence-electron chi connectivity index (χ2n) is 5.60. The Morgan fingerprint density at radius 2 is 1.64 bits per heavy atom. The molecule has 0 aliphatic carbocycles. The van der Waals surface area contributed by atoms with Crippen LogP contribution in [0.2, 0.25) is 0 Å². The van der Waals surface area contributed by atoms with Crippen molar-refractivity contribution in [1.82, 2.24) is 9.88 Å². The number of benzene rings is 1. The molecule has 0 saturated heterocycles. The van der Waals surface area contributed by atoms with Gasteiger partial charge < -0.3 is 0 Å². The molecule has 0 atom stereocenters. The van der Waals surface area contributed by atoms with Gasteiger partial charge in [0.05, 0.1) is 10.6 Å². The minimum Gasteiger partial charge on any atom is -0.296 e. The van der Waals surface area contributed by atoms with E-state index in [1.807, 2.05) is 25.4 Å². The molecule has 0 bridgehead atoms. The Morgan fingerprint density at radius 1 is 1.00 bits per heavy atom. The van der Waals surface area contributed by atoms with E-state index in [1.54, 1.807) is 12.1 Å². The maximum Gasteiger partial charge on any atom is 0.175 e. The van der Waals surface area contributed by atoms with Gasteiger partial charge >= 0.3 is 0 Å². The molecular weight excluding hydrogens is 296 g/mol. The van der Waals surface area contributed by atoms with E-state index in [1.165, 1.54) is 11.8 Å². The lowest BCUT2D eigenvalue weighted by molar-refractivity contribution is 0.315. The van der Waals surface area contributed by atoms with Crippen molar-refractivity contribution >= 4 is 9.84 Å². The van der Waals surface area contributed by atoms with E-state index in [9.17, 15) is 8.42 Å². The topological polar surface area (TPSA) is 50.3 Å². The molecular formula is C17H22N2O2S. The minimum atomic E-state index is -3.13. The van der Waals surface area contributed by atoms with Crippen molar-refractivity contribution in [3.8, 4) is 0 Å². The van der Waals surface area contributed by atoms with Crippen molar-refractivity contribution in [1.29, 1.82) is 0 Å². The summed E-state index contributed by atoms with van der Waals surface area (Å²) in [6.07, 6.45) is 4.14. The first-order valence-electron chi connectivity index (χ1n) is 7.30. The first kappa shape index (κ1) is 16.6. The van der Waals surface area contributed by atoms with Crippen molar-refractivity contribution in [2.45, 2.75) is 31.3 Å². The highest BCUT2D eigenvalue weighted by atomic mass is 32.2. The van der Waals surface area contributed by atoms with Gasteiger partial charge in [-0.15, -0.1) is 0 Å². The molecule has 0 unspecified atom stereocenters. The van der Waals surface area contributed by atoms with E-state index in [2.05, 4.69) is 28.9 Å². The highest BCUT2D eigenvalue weighted by molar-refractivity contribution is 7.90. The molecule has 0 aliphatic rings. The Bertz CT molecular complexity index is 707. The fourth-order valence-electron chi connectivity index (χ4n) is 2.24. The van der Waals surface area contributed by atoms with Crippen LogP contribution in [0.1, 0.15) is 23.7 Å². The molecule has 0 N–H and O–H groups in total. The van der Waals surface area contributed by atoms with Crippen LogP contribution in [0.4, 0.5) is 0 Å². The lowest BCUT2D eigenvalue weighted by Gasteiger charge is -2.16. The number of aromatic nitrogens is 1. The predicted molar refractivity (Wildman–Crippen MR) is 88.3 cm³/mol. The van der Waals surface area contributed by atoms with Gasteiger partial charge in [0.15, 0.2) is 9.84 Å². The summed E-state index contributed by atoms with van der Waals surface area (Å²) in [6, 6.07) is 11.2. The number of hydrogen-bond acceptors (Lipinski definition) is 4. The monoisotopic (exact) mass is 318 g/mol. The van der Waals surface area contributed by atoms with Crippen molar-refractivity contribution in [2.24, 2.45) is 0 Å². The van der Waals surface area contributed by atoms with Gasteiger partial charge in [-0.3, -0.25) is 9.88 Å². The van der Waals surface area contributed by atoms with Gasteiger partial charge in [0, 0.05) is 25.5 Å². The van der Waals surface area contributed by atoms with Gasteiger partial charge in [0.2, 0.25) is 0 Å². The van der Waals surface area contributed by atoms with Crippen molar-refractivity contribution < 1.29 is 8.42 Å². The molecule has 0 saturated carbocycles. The largest absolute Gasteiger partial charge is 0.296 e. The van der Waals surface area contributed by atoms with Crippen LogP contribution in [0, 0.1) is 0 Å². The molecule has 1 aromatic carbocycles. The first-order chi connectivity index (χ1) is 10.4. The van der Waals surface area contributed by atoms with Crippen LogP contribution in [-0.4, -0.2) is 31.6 Å². The van der Waals surface area contributed by atoms with Crippen LogP contribution in [0.3, 0.4) is 0 Å². The minimum absolute atomic E-state index is 0.357. The predicted octanol–water partition coefficient (Wildman–Crippen LogP) is 2.68. The highest BCUT2D eigenvalue weighted by Crippen LogP contribution is 2.12. The van der Waals surface area contributed by atoms with E-state index >= 15 is 0 Å². The zero-order valence-electron chi connectivity index (χ0n) is 13.3. The van der Waals surface area contributed by atoms with E-state index < -0.39 is 9.84 Å². The summed E-state index contributed by atoms with van der Waals surface area (Å²) in [5.74, 6) is 0. The lowest BCUT2D eigenvalue weighted by atomic mass is 10.2. The van der Waals surface area contributed by atoms with Crippen molar-refractivity contribution in [2.75, 3.05) is 13.3 Å². The molecule has 0 fully saturated rings. The Morgan fingerprint density at radius 3 is 2.14 bits per heavy atom. The van der Waals surface area contributed by atoms with Gasteiger partial charge in [0.1, 0.15) is 0 Å². The smallest absolute Gasteiger partial charge is 0.175 e. The quantitative estimate of drug-likeness (QED) is 0.822. The average molecular weight is 318 g/mol. The van der Waals surface area contributed by atoms with Gasteiger partial charge in [-0.05, 0) is 42.8 Å². The van der Waals surface area contributed by atoms with E-state index in [0.717, 1.165) is 30.8 Å². The van der Waals surface area contributed by atoms with Crippen LogP contribution in [0.15, 0.2) is 47.5 Å². The van der Waals surface area contributed by atoms with Gasteiger partial charge in [0.25, 0.3) is 0 Å². The van der Waals surface area contributed by atoms with Crippen molar-refractivity contribution in [3.05, 3.63) is 59.4 Å². The Hall–Kier alpha value is -1.72. The normalized spacial score (nSPS) is 11.8. The molecule has 4 nitrogen and oxygen atoms in total. The van der Waals surface area contributed by atoms with Crippen LogP contribution in [0.25, 0.3) is 0 Å². The van der Waals surface area contributed by atoms with E-state index in [4.69, 9.17) is 0 Å². The highest BCUT2D eigenvalue weighted by Gasteiger charge is 2.07. The van der Waals surface area contributed by atoms with E-state index in [-0.39, 0.29) is 0 Å². The van der Waals surface area contributed by atoms with Crippen molar-refractivity contribution in [3.63, 3.8) is 0 Å². The summed E-state index contributed by atoms with van der Waals surface area (Å²) < 4.78 is 22.9. The summed E-state index contributed by atoms with van der Waals surface area (Å²) in [5.41, 5.74) is 3.36. The van der Waals surface area contributed by atoms with Crippen LogP contribution < -0.4 is 0 Å². The molecule has 5 heteroatoms. The summed E-state index contributed by atoms with van der Waals surface area (Å²) >= 11 is 0. The zero-order valence-corrected chi connectivity index (χ0v) is 14.1. The SMILES string of the molecule is CCc1ccc(CN(C)Cc2ccc(S(C)(=O)=O)cc2)nc1. The molecule has 1 aromatic heterocycles.